The van der Waals surface area contributed by atoms with Gasteiger partial charge in [0.1, 0.15) is 34.5 Å². The molecule has 4 aromatic rings. The second kappa shape index (κ2) is 10.3. The molecular formula is C31H29F2N5O6. The normalized spacial score (nSPS) is 23.2. The van der Waals surface area contributed by atoms with Gasteiger partial charge in [-0.05, 0) is 25.1 Å². The second-order valence-corrected chi connectivity index (χ2v) is 11.5. The van der Waals surface area contributed by atoms with Gasteiger partial charge in [0.25, 0.3) is 0 Å². The van der Waals surface area contributed by atoms with Crippen molar-refractivity contribution in [3.8, 4) is 18.2 Å². The highest BCUT2D eigenvalue weighted by Gasteiger charge is 2.50. The number of ether oxygens (including phenoxy) is 3. The van der Waals surface area contributed by atoms with E-state index in [1.165, 1.54) is 11.1 Å². The number of halogens is 2. The number of nitrogens with zero attached hydrogens (tertiary/aromatic N) is 5. The maximum absolute atomic E-state index is 14.6. The summed E-state index contributed by atoms with van der Waals surface area (Å²) in [5, 5.41) is 10.8. The Balaban J connectivity index is 1.26. The van der Waals surface area contributed by atoms with Crippen LogP contribution in [0, 0.1) is 12.3 Å². The number of carboxylic acid groups (broad SMARTS) is 1. The SMILES string of the molecule is C#Cc1cnc(O[C@H]2C[C@@H](C(=O)O)N(c3nc(C(C)(F)F)nc4c3oc3ccccc34)C2)c(N2CCOC3(COC3)[C@H]2C)c1. The third-order valence-electron chi connectivity index (χ3n) is 8.64. The van der Waals surface area contributed by atoms with Gasteiger partial charge in [0, 0.05) is 37.0 Å². The summed E-state index contributed by atoms with van der Waals surface area (Å²) < 4.78 is 53.2. The first-order valence-electron chi connectivity index (χ1n) is 14.3. The van der Waals surface area contributed by atoms with Gasteiger partial charge in [-0.1, -0.05) is 18.1 Å². The summed E-state index contributed by atoms with van der Waals surface area (Å²) in [4.78, 5) is 28.9. The number of carbonyl (C=O) groups is 1. The summed E-state index contributed by atoms with van der Waals surface area (Å²) in [5.41, 5.74) is 1.48. The lowest BCUT2D eigenvalue weighted by Crippen LogP contribution is -2.68. The molecular weight excluding hydrogens is 576 g/mol. The third kappa shape index (κ3) is 4.56. The lowest BCUT2D eigenvalue weighted by atomic mass is 9.90. The number of furan rings is 1. The van der Waals surface area contributed by atoms with Crippen LogP contribution in [0.15, 0.2) is 40.9 Å². The molecule has 6 heterocycles. The molecule has 1 aromatic carbocycles. The van der Waals surface area contributed by atoms with Crippen molar-refractivity contribution < 1.29 is 37.3 Å². The van der Waals surface area contributed by atoms with Crippen LogP contribution in [0.5, 0.6) is 5.88 Å². The Labute approximate surface area is 250 Å². The molecule has 0 saturated carbocycles. The highest BCUT2D eigenvalue weighted by molar-refractivity contribution is 6.06. The number of pyridine rings is 1. The van der Waals surface area contributed by atoms with Crippen LogP contribution in [0.2, 0.25) is 0 Å². The molecule has 13 heteroatoms. The third-order valence-corrected chi connectivity index (χ3v) is 8.64. The number of morpholine rings is 1. The molecule has 0 unspecified atom stereocenters. The van der Waals surface area contributed by atoms with E-state index < -0.39 is 35.5 Å². The first kappa shape index (κ1) is 28.2. The van der Waals surface area contributed by atoms with Gasteiger partial charge < -0.3 is 33.5 Å². The summed E-state index contributed by atoms with van der Waals surface area (Å²) in [6.07, 6.45) is 6.57. The Kier molecular flexibility index (Phi) is 6.60. The number of alkyl halides is 2. The van der Waals surface area contributed by atoms with Crippen molar-refractivity contribution in [3.05, 3.63) is 47.9 Å². The number of rotatable bonds is 6. The number of aliphatic carboxylic acids is 1. The molecule has 44 heavy (non-hydrogen) atoms. The lowest BCUT2D eigenvalue weighted by Gasteiger charge is -2.53. The fraction of sp³-hybridized carbons (Fsp3) is 0.419. The molecule has 7 rings (SSSR count). The average Bonchev–Trinajstić information content (AvgIpc) is 3.58. The number of fused-ring (bicyclic) bond motifs is 3. The molecule has 1 N–H and O–H groups in total. The lowest BCUT2D eigenvalue weighted by molar-refractivity contribution is -0.228. The number of para-hydroxylation sites is 1. The highest BCUT2D eigenvalue weighted by atomic mass is 19.3. The molecule has 3 aliphatic heterocycles. The molecule has 3 aromatic heterocycles. The largest absolute Gasteiger partial charge is 0.480 e. The molecule has 3 aliphatic rings. The van der Waals surface area contributed by atoms with Crippen LogP contribution in [0.4, 0.5) is 20.3 Å². The second-order valence-electron chi connectivity index (χ2n) is 11.5. The van der Waals surface area contributed by atoms with E-state index in [-0.39, 0.29) is 41.8 Å². The number of aromatic nitrogens is 3. The van der Waals surface area contributed by atoms with Gasteiger partial charge in [-0.15, -0.1) is 6.42 Å². The van der Waals surface area contributed by atoms with E-state index in [0.29, 0.717) is 55.5 Å². The fourth-order valence-electron chi connectivity index (χ4n) is 6.19. The summed E-state index contributed by atoms with van der Waals surface area (Å²) >= 11 is 0. The monoisotopic (exact) mass is 605 g/mol. The minimum absolute atomic E-state index is 0.0172. The van der Waals surface area contributed by atoms with Crippen molar-refractivity contribution in [2.24, 2.45) is 0 Å². The molecule has 3 fully saturated rings. The number of anilines is 2. The van der Waals surface area contributed by atoms with Gasteiger partial charge in [-0.2, -0.15) is 8.78 Å². The van der Waals surface area contributed by atoms with Crippen LogP contribution >= 0.6 is 0 Å². The number of benzene rings is 1. The predicted octanol–water partition coefficient (Wildman–Crippen LogP) is 3.97. The molecule has 11 nitrogen and oxygen atoms in total. The van der Waals surface area contributed by atoms with E-state index in [1.54, 1.807) is 24.3 Å². The van der Waals surface area contributed by atoms with Gasteiger partial charge in [0.2, 0.25) is 11.7 Å². The zero-order valence-corrected chi connectivity index (χ0v) is 24.0. The van der Waals surface area contributed by atoms with E-state index in [9.17, 15) is 18.7 Å². The van der Waals surface area contributed by atoms with Crippen molar-refractivity contribution in [1.82, 2.24) is 15.0 Å². The topological polar surface area (TPSA) is 123 Å². The van der Waals surface area contributed by atoms with E-state index in [2.05, 4.69) is 25.8 Å². The van der Waals surface area contributed by atoms with Crippen molar-refractivity contribution >= 4 is 39.5 Å². The quantitative estimate of drug-likeness (QED) is 0.321. The minimum atomic E-state index is -3.38. The molecule has 0 amide bonds. The Hall–Kier alpha value is -4.54. The number of hydrogen-bond acceptors (Lipinski definition) is 10. The first-order chi connectivity index (χ1) is 21.1. The molecule has 0 radical (unpaired) electrons. The van der Waals surface area contributed by atoms with Crippen molar-refractivity contribution in [2.45, 2.75) is 50.0 Å². The number of hydrogen-bond donors (Lipinski definition) is 1. The molecule has 3 atom stereocenters. The summed E-state index contributed by atoms with van der Waals surface area (Å²) in [6, 6.07) is 7.48. The summed E-state index contributed by atoms with van der Waals surface area (Å²) in [6.45, 7) is 4.72. The first-order valence-corrected chi connectivity index (χ1v) is 14.3. The van der Waals surface area contributed by atoms with Gasteiger partial charge in [0.05, 0.1) is 32.4 Å². The Morgan fingerprint density at radius 3 is 2.75 bits per heavy atom. The zero-order valence-electron chi connectivity index (χ0n) is 24.0. The van der Waals surface area contributed by atoms with Crippen LogP contribution in [-0.4, -0.2) is 82.7 Å². The zero-order chi connectivity index (χ0) is 30.8. The van der Waals surface area contributed by atoms with Crippen LogP contribution in [0.25, 0.3) is 22.1 Å². The molecule has 1 spiro atoms. The van der Waals surface area contributed by atoms with E-state index in [0.717, 1.165) is 0 Å². The summed E-state index contributed by atoms with van der Waals surface area (Å²) in [7, 11) is 0. The summed E-state index contributed by atoms with van der Waals surface area (Å²) in [5.74, 6) is -2.42. The van der Waals surface area contributed by atoms with Gasteiger partial charge in [-0.3, -0.25) is 0 Å². The van der Waals surface area contributed by atoms with E-state index in [4.69, 9.17) is 25.1 Å². The van der Waals surface area contributed by atoms with Crippen LogP contribution < -0.4 is 14.5 Å². The van der Waals surface area contributed by atoms with Gasteiger partial charge in [0.15, 0.2) is 11.4 Å². The van der Waals surface area contributed by atoms with E-state index in [1.807, 2.05) is 13.0 Å². The van der Waals surface area contributed by atoms with Crippen molar-refractivity contribution in [3.63, 3.8) is 0 Å². The van der Waals surface area contributed by atoms with Crippen LogP contribution in [-0.2, 0) is 20.2 Å². The van der Waals surface area contributed by atoms with Crippen LogP contribution in [0.1, 0.15) is 31.7 Å². The molecule has 3 saturated heterocycles. The van der Waals surface area contributed by atoms with Crippen molar-refractivity contribution in [2.75, 3.05) is 42.7 Å². The fourth-order valence-corrected chi connectivity index (χ4v) is 6.19. The Morgan fingerprint density at radius 1 is 1.25 bits per heavy atom. The van der Waals surface area contributed by atoms with Crippen molar-refractivity contribution in [1.29, 1.82) is 0 Å². The molecule has 0 aliphatic carbocycles. The van der Waals surface area contributed by atoms with Gasteiger partial charge >= 0.3 is 11.9 Å². The van der Waals surface area contributed by atoms with E-state index >= 15 is 0 Å². The van der Waals surface area contributed by atoms with Crippen LogP contribution in [0.3, 0.4) is 0 Å². The molecule has 0 bridgehead atoms. The predicted molar refractivity (Wildman–Crippen MR) is 155 cm³/mol. The number of terminal acetylenes is 1. The smallest absolute Gasteiger partial charge is 0.326 e. The maximum atomic E-state index is 14.6. The average molecular weight is 606 g/mol. The maximum Gasteiger partial charge on any atom is 0.326 e. The standard InChI is InChI=1S/C31H29F2N5O6/c1-4-18-11-21(37-9-10-42-31(17(37)2)15-41-16-31)27(34-13-18)43-19-12-22(28(39)40)38(14-19)26-25-24(35-29(36-26)30(3,32)33)20-7-5-6-8-23(20)44-25/h1,5-8,11,13,17,19,22H,9-10,12,14-16H2,2-3H3,(H,39,40)/t17-,19+,22+/m1/s1. The number of carboxylic acids is 1. The highest BCUT2D eigenvalue weighted by Crippen LogP contribution is 2.41. The Bertz CT molecular complexity index is 1810. The molecule has 228 valence electrons. The van der Waals surface area contributed by atoms with Gasteiger partial charge in [-0.25, -0.2) is 19.7 Å². The minimum Gasteiger partial charge on any atom is -0.480 e. The Morgan fingerprint density at radius 2 is 2.05 bits per heavy atom.